The highest BCUT2D eigenvalue weighted by molar-refractivity contribution is 8.76. The van der Waals surface area contributed by atoms with Gasteiger partial charge in [0, 0.05) is 76.7 Å². The molecule has 0 aromatic heterocycles. The van der Waals surface area contributed by atoms with E-state index < -0.39 is 228 Å². The van der Waals surface area contributed by atoms with E-state index in [0.29, 0.717) is 40.0 Å². The summed E-state index contributed by atoms with van der Waals surface area (Å²) in [6.07, 6.45) is -1.61. The minimum Gasteiger partial charge on any atom is -0.508 e. The molecule has 14 atom stereocenters. The van der Waals surface area contributed by atoms with Crippen LogP contribution in [-0.2, 0) is 80.0 Å². The van der Waals surface area contributed by atoms with Crippen LogP contribution < -0.4 is 158 Å². The Morgan fingerprint density at radius 3 is 1.16 bits per heavy atom. The third kappa shape index (κ3) is 47.1. The van der Waals surface area contributed by atoms with Gasteiger partial charge < -0.3 is 179 Å². The standard InChI is InChI=1S/C83H142N36O18S2/c84-31-3-1-14-50-67(126)113-56(15-2-4-32-85)75(134)119-40-12-22-62(119)74(133)116-59(42-46-25-29-48(121)30-26-46)71(130)112-53(18-8-36-103-80(93)94)66(125)110-55(20-10-39-106-83(99)137)69(128)117-60(72(131)114-57(76(135)136)21-11-38-105-82(97)98)43-138-139-44-61(73(132)115-58(41-45-23-27-47(120)28-24-45)70(129)111-52(65(124)108-50)17-7-35-102-79(91)92)118-68(127)54(19-9-37-104-81(95)96)109-64(123)51(16-6-34-101-78(89)90)107-63(122)49(86)13-5-33-100-77(87)88/h23-30,49-62,120-121H,1-22,31-44,84-86H2,(H,107,122)(H,108,124)(H,109,123)(H,110,125)(H,111,129)(H,112,130)(H,113,126)(H,114,131)(H,115,132)(H,116,133)(H,117,128)(H,118,127)(H,135,136)(H4,87,88,100)(H4,89,90,101)(H4,91,92,102)(H4,93,94,103)(H4,95,96,104)(H4,97,98,105)(H3,99,106,137)/t49-,50-,51-,52-,53-,54-,55-,56+,57-,58-,59-,60-,61-,62-/m0/s1. The average molecular weight is 2000 g/mol. The Morgan fingerprint density at radius 2 is 0.741 bits per heavy atom. The van der Waals surface area contributed by atoms with Gasteiger partial charge in [-0.05, 0) is 190 Å². The largest absolute Gasteiger partial charge is 0.508 e. The van der Waals surface area contributed by atoms with Gasteiger partial charge in [0.05, 0.1) is 6.04 Å². The zero-order valence-electron chi connectivity index (χ0n) is 77.7. The van der Waals surface area contributed by atoms with Gasteiger partial charge in [-0.3, -0.25) is 94.8 Å². The minimum absolute atomic E-state index is 0.000824. The molecule has 0 saturated carbocycles. The third-order valence-corrected chi connectivity index (χ3v) is 24.3. The number of aromatic hydroxyl groups is 2. The third-order valence-electron chi connectivity index (χ3n) is 21.8. The highest BCUT2D eigenvalue weighted by Crippen LogP contribution is 2.26. The summed E-state index contributed by atoms with van der Waals surface area (Å²) >= 11 is 0. The van der Waals surface area contributed by atoms with Crippen LogP contribution in [0.15, 0.2) is 48.5 Å². The number of benzene rings is 2. The maximum absolute atomic E-state index is 15.8. The second-order valence-electron chi connectivity index (χ2n) is 33.1. The van der Waals surface area contributed by atoms with Crippen molar-refractivity contribution in [1.82, 2.24) is 106 Å². The fraction of sp³-hybridized carbons (Fsp3) is 0.602. The van der Waals surface area contributed by atoms with Crippen LogP contribution in [0.2, 0.25) is 0 Å². The number of aliphatic carboxylic acids is 1. The van der Waals surface area contributed by atoms with Crippen LogP contribution in [0.5, 0.6) is 11.5 Å². The summed E-state index contributed by atoms with van der Waals surface area (Å²) in [7, 11) is 1.42. The van der Waals surface area contributed by atoms with Gasteiger partial charge in [0.2, 0.25) is 76.8 Å². The van der Waals surface area contributed by atoms with Gasteiger partial charge in [0.25, 0.3) is 0 Å². The molecule has 2 aromatic carbocycles. The molecule has 2 saturated heterocycles. The SMILES string of the molecule is N=C(N)NCCC[C@H](NC(=O)[C@@H]1CSSC[C@H](NC(=O)[C@H](CCCNC(=N)N)NC(=O)[C@H](CCCNC(=N)N)NC(=O)[C@@H](N)CCCNC(=N)N)C(=O)N[C@@H](Cc2ccc(O)cc2)C(=O)N[C@@H](CCCNC(=N)N)C(=O)N[C@@H](CCCCN)C(=O)N[C@H](CCCCN)C(=O)N2CCC[C@H]2C(=O)N[C@@H](Cc2ccc(O)cc2)C(=O)N[C@@H](CCCNC(=N)N)C(=O)N[C@@H](CCCNC(N)=O)C(=O)N1)C(=O)O. The van der Waals surface area contributed by atoms with Crippen LogP contribution >= 0.6 is 21.6 Å². The summed E-state index contributed by atoms with van der Waals surface area (Å²) in [6.45, 7) is -0.207. The minimum atomic E-state index is -1.92. The molecule has 2 heterocycles. The first-order valence-corrected chi connectivity index (χ1v) is 48.2. The number of fused-ring (bicyclic) bond motifs is 1. The highest BCUT2D eigenvalue weighted by Gasteiger charge is 2.42. The molecule has 0 aliphatic carbocycles. The fourth-order valence-electron chi connectivity index (χ4n) is 14.5. The number of carbonyl (C=O) groups excluding carboxylic acids is 14. The van der Waals surface area contributed by atoms with E-state index in [0.717, 1.165) is 0 Å². The van der Waals surface area contributed by atoms with Crippen LogP contribution in [0.4, 0.5) is 4.79 Å². The second-order valence-corrected chi connectivity index (χ2v) is 35.6. The van der Waals surface area contributed by atoms with E-state index in [-0.39, 0.29) is 217 Å². The van der Waals surface area contributed by atoms with Gasteiger partial charge in [0.1, 0.15) is 90.0 Å². The van der Waals surface area contributed by atoms with Crippen LogP contribution in [0, 0.1) is 32.5 Å². The van der Waals surface area contributed by atoms with Crippen molar-refractivity contribution in [3.63, 3.8) is 0 Å². The molecule has 15 amide bonds. The maximum Gasteiger partial charge on any atom is 0.326 e. The smallest absolute Gasteiger partial charge is 0.326 e. The van der Waals surface area contributed by atoms with E-state index in [4.69, 9.17) is 89.8 Å². The fourth-order valence-corrected chi connectivity index (χ4v) is 16.8. The van der Waals surface area contributed by atoms with Crippen molar-refractivity contribution in [3.05, 3.63) is 59.7 Å². The predicted octanol–water partition coefficient (Wildman–Crippen LogP) is -9.22. The summed E-state index contributed by atoms with van der Waals surface area (Å²) in [5.41, 5.74) is 57.7. The number of nitrogens with two attached hydrogens (primary N) is 10. The van der Waals surface area contributed by atoms with Crippen molar-refractivity contribution in [1.29, 1.82) is 32.5 Å². The van der Waals surface area contributed by atoms with E-state index in [1.165, 1.54) is 53.4 Å². The molecular weight excluding hydrogens is 1850 g/mol. The summed E-state index contributed by atoms with van der Waals surface area (Å²) in [6, 6.07) is -13.0. The number of nitrogens with one attached hydrogen (secondary N) is 25. The lowest BCUT2D eigenvalue weighted by molar-refractivity contribution is -0.142. The topological polar surface area (TPSA) is 952 Å². The van der Waals surface area contributed by atoms with Crippen molar-refractivity contribution >= 4 is 146 Å². The van der Waals surface area contributed by atoms with Crippen LogP contribution in [-0.4, -0.2) is 306 Å². The summed E-state index contributed by atoms with van der Waals surface area (Å²) < 4.78 is 0. The normalized spacial score (nSPS) is 20.4. The van der Waals surface area contributed by atoms with E-state index >= 15 is 52.7 Å². The van der Waals surface area contributed by atoms with E-state index in [1.54, 1.807) is 0 Å². The van der Waals surface area contributed by atoms with Gasteiger partial charge in [0.15, 0.2) is 35.8 Å². The van der Waals surface area contributed by atoms with Crippen molar-refractivity contribution < 1.29 is 87.2 Å². The molecule has 48 N–H and O–H groups in total. The lowest BCUT2D eigenvalue weighted by Crippen LogP contribution is -2.61. The first-order chi connectivity index (χ1) is 66.1. The summed E-state index contributed by atoms with van der Waals surface area (Å²) in [4.78, 5) is 224. The Balaban J connectivity index is 2.14. The number of unbranched alkanes of at least 4 members (excludes halogenated alkanes) is 2. The molecule has 2 fully saturated rings. The number of urea groups is 1. The molecule has 4 rings (SSSR count). The Hall–Kier alpha value is -13.9. The number of amides is 15. The molecule has 2 aliphatic rings. The van der Waals surface area contributed by atoms with Crippen molar-refractivity contribution in [2.45, 2.75) is 239 Å². The van der Waals surface area contributed by atoms with Crippen LogP contribution in [0.3, 0.4) is 0 Å². The number of carboxylic acids is 1. The van der Waals surface area contributed by atoms with Crippen LogP contribution in [0.1, 0.15) is 152 Å². The Kier molecular flexibility index (Phi) is 54.2. The first-order valence-electron chi connectivity index (χ1n) is 45.7. The molecule has 0 unspecified atom stereocenters. The van der Waals surface area contributed by atoms with E-state index in [9.17, 15) is 34.5 Å². The van der Waals surface area contributed by atoms with Crippen molar-refractivity contribution in [2.75, 3.05) is 77.0 Å². The van der Waals surface area contributed by atoms with Gasteiger partial charge in [-0.25, -0.2) is 9.59 Å². The van der Waals surface area contributed by atoms with E-state index in [1.807, 2.05) is 0 Å². The predicted molar refractivity (Wildman–Crippen MR) is 520 cm³/mol. The van der Waals surface area contributed by atoms with Gasteiger partial charge in [-0.1, -0.05) is 45.9 Å². The molecule has 0 spiro atoms. The maximum atomic E-state index is 15.8. The quantitative estimate of drug-likeness (QED) is 0.0127. The number of nitrogens with zero attached hydrogens (tertiary/aromatic N) is 1. The van der Waals surface area contributed by atoms with Gasteiger partial charge >= 0.3 is 12.0 Å². The number of phenols is 2. The molecule has 0 bridgehead atoms. The first kappa shape index (κ1) is 117. The number of carboxylic acid groups (broad SMARTS) is 1. The number of carbonyl (C=O) groups is 15. The van der Waals surface area contributed by atoms with Gasteiger partial charge in [-0.2, -0.15) is 0 Å². The molecule has 54 nitrogen and oxygen atoms in total. The number of hydrogen-bond acceptors (Lipinski definition) is 28. The van der Waals surface area contributed by atoms with Gasteiger partial charge in [-0.15, -0.1) is 0 Å². The number of primary amides is 1. The number of guanidine groups is 6. The van der Waals surface area contributed by atoms with Crippen molar-refractivity contribution in [3.8, 4) is 11.5 Å². The Labute approximate surface area is 812 Å². The molecule has 2 aliphatic heterocycles. The number of rotatable bonds is 49. The molecule has 0 radical (unpaired) electrons. The monoisotopic (exact) mass is 2000 g/mol. The lowest BCUT2D eigenvalue weighted by atomic mass is 10.0. The van der Waals surface area contributed by atoms with E-state index in [2.05, 4.69) is 101 Å². The zero-order valence-corrected chi connectivity index (χ0v) is 79.3. The van der Waals surface area contributed by atoms with Crippen molar-refractivity contribution in [2.24, 2.45) is 57.3 Å². The number of phenolic OH excluding ortho intramolecular Hbond substituents is 2. The Bertz CT molecular complexity index is 4440. The zero-order chi connectivity index (χ0) is 103. The molecule has 56 heteroatoms. The average Bonchev–Trinajstić information content (AvgIpc) is 1.64. The molecule has 774 valence electrons. The number of hydrogen-bond donors (Lipinski definition) is 38. The summed E-state index contributed by atoms with van der Waals surface area (Å²) in [5, 5.41) is 128. The molecule has 2 aromatic rings. The lowest BCUT2D eigenvalue weighted by Gasteiger charge is -2.31. The van der Waals surface area contributed by atoms with Crippen LogP contribution in [0.25, 0.3) is 0 Å². The Morgan fingerprint density at radius 1 is 0.396 bits per heavy atom. The second kappa shape index (κ2) is 64.2. The summed E-state index contributed by atoms with van der Waals surface area (Å²) in [5.74, 6) is -19.2. The molecule has 139 heavy (non-hydrogen) atoms. The highest BCUT2D eigenvalue weighted by atomic mass is 33.1. The molecular formula is C83H142N36O18S2.